The Morgan fingerprint density at radius 3 is 2.35 bits per heavy atom. The van der Waals surface area contributed by atoms with E-state index in [4.69, 9.17) is 20.6 Å². The molecule has 254 valence electrons. The highest BCUT2D eigenvalue weighted by molar-refractivity contribution is 6.98. The number of benzene rings is 2. The first-order valence-corrected chi connectivity index (χ1v) is 19.5. The molecular formula is C43H54O4Si. The van der Waals surface area contributed by atoms with Crippen molar-refractivity contribution in [2.75, 3.05) is 6.61 Å². The van der Waals surface area contributed by atoms with Crippen LogP contribution in [0.4, 0.5) is 0 Å². The third-order valence-electron chi connectivity index (χ3n) is 10.4. The number of hydrogen-bond acceptors (Lipinski definition) is 4. The minimum atomic E-state index is -3.17. The molecule has 2 aromatic rings. The molecule has 1 unspecified atom stereocenters. The van der Waals surface area contributed by atoms with Crippen LogP contribution in [0, 0.1) is 18.3 Å². The van der Waals surface area contributed by atoms with Crippen LogP contribution in [0.3, 0.4) is 0 Å². The van der Waals surface area contributed by atoms with E-state index in [9.17, 15) is 4.80 Å². The van der Waals surface area contributed by atoms with Gasteiger partial charge in [-0.15, -0.1) is 6.42 Å². The predicted octanol–water partition coefficient (Wildman–Crippen LogP) is 8.34. The standard InChI is InChI=1S/C43H54O4Si/c1-8-27-45-40-30-39-35(24-26-42(6,7)48(44,37-20-11-9-12-21-37)38-22-13-10-14-23-38)31-43(47-41(39)29-34(40)5)25-16-19-36(46-43)28-33(4)18-15-17-32(2)3/h1,9-14,16-17,20-23,25,28-29,31,36,39-41,44H,15,18-19,24,26-27,30H2,2-7H3/b33-28+/t36-,39+,40?,41+,43-/m0/s1. The highest BCUT2D eigenvalue weighted by Crippen LogP contribution is 2.47. The minimum Gasteiger partial charge on any atom is -0.424 e. The Labute approximate surface area is 290 Å². The van der Waals surface area contributed by atoms with E-state index in [1.165, 1.54) is 16.7 Å². The molecule has 1 spiro atoms. The summed E-state index contributed by atoms with van der Waals surface area (Å²) in [5.41, 5.74) is 5.12. The molecule has 0 aromatic heterocycles. The van der Waals surface area contributed by atoms with Crippen LogP contribution in [0.5, 0.6) is 0 Å². The first-order chi connectivity index (χ1) is 23.0. The smallest absolute Gasteiger partial charge is 0.258 e. The number of terminal acetylenes is 1. The maximum absolute atomic E-state index is 12.9. The van der Waals surface area contributed by atoms with Gasteiger partial charge >= 0.3 is 0 Å². The molecule has 3 aliphatic rings. The Hall–Kier alpha value is -3.24. The van der Waals surface area contributed by atoms with E-state index in [0.29, 0.717) is 0 Å². The second kappa shape index (κ2) is 15.5. The van der Waals surface area contributed by atoms with Crippen molar-refractivity contribution in [1.82, 2.24) is 0 Å². The fourth-order valence-corrected chi connectivity index (χ4v) is 11.3. The van der Waals surface area contributed by atoms with Gasteiger partial charge in [-0.25, -0.2) is 0 Å². The Morgan fingerprint density at radius 1 is 1.06 bits per heavy atom. The van der Waals surface area contributed by atoms with Crippen molar-refractivity contribution in [2.45, 2.75) is 109 Å². The molecule has 2 heterocycles. The quantitative estimate of drug-likeness (QED) is 0.141. The lowest BCUT2D eigenvalue weighted by Gasteiger charge is -2.47. The zero-order valence-corrected chi connectivity index (χ0v) is 30.7. The summed E-state index contributed by atoms with van der Waals surface area (Å²) in [4.78, 5) is 12.9. The molecule has 4 nitrogen and oxygen atoms in total. The maximum atomic E-state index is 12.9. The third-order valence-corrected chi connectivity index (χ3v) is 14.9. The molecule has 2 aliphatic heterocycles. The lowest BCUT2D eigenvalue weighted by atomic mass is 9.76. The number of ether oxygens (including phenoxy) is 3. The zero-order valence-electron chi connectivity index (χ0n) is 29.7. The van der Waals surface area contributed by atoms with Gasteiger partial charge in [0.15, 0.2) is 0 Å². The highest BCUT2D eigenvalue weighted by Gasteiger charge is 2.51. The van der Waals surface area contributed by atoms with Crippen LogP contribution in [0.2, 0.25) is 5.04 Å². The topological polar surface area (TPSA) is 47.9 Å². The van der Waals surface area contributed by atoms with Crippen molar-refractivity contribution < 1.29 is 19.0 Å². The molecule has 48 heavy (non-hydrogen) atoms. The van der Waals surface area contributed by atoms with Crippen LogP contribution < -0.4 is 10.4 Å². The summed E-state index contributed by atoms with van der Waals surface area (Å²) in [6.07, 6.45) is 23.9. The molecule has 5 atom stereocenters. The average molecular weight is 663 g/mol. The number of allylic oxidation sites excluding steroid dienone is 3. The van der Waals surface area contributed by atoms with Gasteiger partial charge in [0.25, 0.3) is 8.32 Å². The van der Waals surface area contributed by atoms with Gasteiger partial charge in [-0.05, 0) is 99.4 Å². The molecular weight excluding hydrogens is 609 g/mol. The normalized spacial score (nSPS) is 25.9. The monoisotopic (exact) mass is 662 g/mol. The molecule has 0 fully saturated rings. The molecule has 0 radical (unpaired) electrons. The summed E-state index contributed by atoms with van der Waals surface area (Å²) in [6.45, 7) is 13.4. The van der Waals surface area contributed by atoms with E-state index in [-0.39, 0.29) is 35.9 Å². The van der Waals surface area contributed by atoms with Gasteiger partial charge in [-0.3, -0.25) is 0 Å². The largest absolute Gasteiger partial charge is 0.424 e. The summed E-state index contributed by atoms with van der Waals surface area (Å²) < 4.78 is 19.9. The van der Waals surface area contributed by atoms with Crippen molar-refractivity contribution in [2.24, 2.45) is 5.92 Å². The zero-order chi connectivity index (χ0) is 34.4. The van der Waals surface area contributed by atoms with Gasteiger partial charge in [-0.1, -0.05) is 121 Å². The first kappa shape index (κ1) is 36.0. The van der Waals surface area contributed by atoms with Crippen LogP contribution in [-0.4, -0.2) is 43.8 Å². The number of hydrogen-bond donors (Lipinski definition) is 1. The van der Waals surface area contributed by atoms with E-state index in [1.807, 2.05) is 36.4 Å². The molecule has 0 saturated carbocycles. The summed E-state index contributed by atoms with van der Waals surface area (Å²) in [7, 11) is -3.17. The van der Waals surface area contributed by atoms with Crippen LogP contribution in [0.15, 0.2) is 119 Å². The van der Waals surface area contributed by atoms with Gasteiger partial charge < -0.3 is 19.0 Å². The van der Waals surface area contributed by atoms with E-state index in [0.717, 1.165) is 54.5 Å². The van der Waals surface area contributed by atoms with Gasteiger partial charge in [0.05, 0.1) is 18.3 Å². The SMILES string of the molecule is C#CCOC1C[C@@H]2C(CCC(C)(C)[Si](O)(c3ccccc3)c3ccccc3)=C[C@]3(C=CC[C@@H](/C=C(\C)CCC=C(C)C)O3)O[C@@H]2C=C1C. The van der Waals surface area contributed by atoms with Crippen LogP contribution in [0.1, 0.15) is 80.1 Å². The van der Waals surface area contributed by atoms with Gasteiger partial charge in [-0.2, -0.15) is 0 Å². The average Bonchev–Trinajstić information content (AvgIpc) is 3.06. The lowest BCUT2D eigenvalue weighted by Crippen LogP contribution is -2.65. The van der Waals surface area contributed by atoms with Crippen LogP contribution in [-0.2, 0) is 14.2 Å². The lowest BCUT2D eigenvalue weighted by molar-refractivity contribution is -0.225. The van der Waals surface area contributed by atoms with E-state index in [1.54, 1.807) is 0 Å². The summed E-state index contributed by atoms with van der Waals surface area (Å²) in [5.74, 6) is 1.82. The Bertz CT molecular complexity index is 1550. The van der Waals surface area contributed by atoms with Crippen LogP contribution in [0.25, 0.3) is 0 Å². The predicted molar refractivity (Wildman–Crippen MR) is 201 cm³/mol. The maximum Gasteiger partial charge on any atom is 0.258 e. The second-order valence-corrected chi connectivity index (χ2v) is 18.7. The summed E-state index contributed by atoms with van der Waals surface area (Å²) >= 11 is 0. The third kappa shape index (κ3) is 8.13. The molecule has 0 bridgehead atoms. The Morgan fingerprint density at radius 2 is 1.73 bits per heavy atom. The highest BCUT2D eigenvalue weighted by atomic mass is 28.4. The van der Waals surface area contributed by atoms with E-state index < -0.39 is 14.1 Å². The first-order valence-electron chi connectivity index (χ1n) is 17.6. The van der Waals surface area contributed by atoms with Crippen molar-refractivity contribution in [1.29, 1.82) is 0 Å². The van der Waals surface area contributed by atoms with Crippen molar-refractivity contribution in [3.8, 4) is 12.3 Å². The molecule has 1 N–H and O–H groups in total. The molecule has 0 saturated heterocycles. The number of rotatable bonds is 12. The van der Waals surface area contributed by atoms with Crippen molar-refractivity contribution >= 4 is 18.7 Å². The van der Waals surface area contributed by atoms with Gasteiger partial charge in [0.2, 0.25) is 5.79 Å². The number of fused-ring (bicyclic) bond motifs is 1. The molecule has 2 aromatic carbocycles. The summed E-state index contributed by atoms with van der Waals surface area (Å²) in [5, 5.41) is 1.68. The molecule has 5 rings (SSSR count). The van der Waals surface area contributed by atoms with E-state index in [2.05, 4.69) is 108 Å². The van der Waals surface area contributed by atoms with Gasteiger partial charge in [0, 0.05) is 5.92 Å². The molecule has 0 amide bonds. The van der Waals surface area contributed by atoms with Gasteiger partial charge in [0.1, 0.15) is 6.61 Å². The fraction of sp³-hybridized carbons (Fsp3) is 0.442. The molecule has 1 aliphatic carbocycles. The Balaban J connectivity index is 1.47. The van der Waals surface area contributed by atoms with Crippen LogP contribution >= 0.6 is 0 Å². The minimum absolute atomic E-state index is 0.0572. The van der Waals surface area contributed by atoms with E-state index >= 15 is 0 Å². The second-order valence-electron chi connectivity index (χ2n) is 14.7. The fourth-order valence-electron chi connectivity index (χ4n) is 7.61. The van der Waals surface area contributed by atoms with Crippen molar-refractivity contribution in [3.63, 3.8) is 0 Å². The Kier molecular flexibility index (Phi) is 11.7. The van der Waals surface area contributed by atoms with Crippen molar-refractivity contribution in [3.05, 3.63) is 119 Å². The molecule has 5 heteroatoms. The summed E-state index contributed by atoms with van der Waals surface area (Å²) in [6, 6.07) is 20.6.